The summed E-state index contributed by atoms with van der Waals surface area (Å²) in [7, 11) is 2.96. The molecule has 2 N–H and O–H groups in total. The van der Waals surface area contributed by atoms with Gasteiger partial charge in [-0.15, -0.1) is 0 Å². The van der Waals surface area contributed by atoms with E-state index in [0.29, 0.717) is 39.9 Å². The number of benzene rings is 2. The fourth-order valence-electron chi connectivity index (χ4n) is 2.29. The number of halogens is 1. The summed E-state index contributed by atoms with van der Waals surface area (Å²) in [5.41, 5.74) is 6.71. The third-order valence-electron chi connectivity index (χ3n) is 3.59. The highest BCUT2D eigenvalue weighted by Crippen LogP contribution is 2.34. The number of rotatable bonds is 7. The second-order valence-corrected chi connectivity index (χ2v) is 5.51. The molecule has 0 fully saturated rings. The molecule has 2 aromatic rings. The lowest BCUT2D eigenvalue weighted by molar-refractivity contribution is 0.0784. The zero-order chi connectivity index (χ0) is 17.7. The summed E-state index contributed by atoms with van der Waals surface area (Å²) in [6.07, 6.45) is -0.226. The van der Waals surface area contributed by atoms with Crippen LogP contribution in [-0.4, -0.2) is 26.1 Å². The van der Waals surface area contributed by atoms with Crippen molar-refractivity contribution in [1.82, 2.24) is 0 Å². The number of carbonyl (C=O) groups is 1. The van der Waals surface area contributed by atoms with E-state index in [1.807, 2.05) is 6.92 Å². The predicted molar refractivity (Wildman–Crippen MR) is 94.4 cm³/mol. The number of methoxy groups -OCH3 is 2. The van der Waals surface area contributed by atoms with Crippen LogP contribution in [0.25, 0.3) is 0 Å². The first-order valence-electron chi connectivity index (χ1n) is 7.48. The van der Waals surface area contributed by atoms with Gasteiger partial charge in [-0.25, -0.2) is 0 Å². The average molecular weight is 350 g/mol. The van der Waals surface area contributed by atoms with Crippen molar-refractivity contribution in [2.45, 2.75) is 19.4 Å². The molecule has 0 aromatic heterocycles. The number of hydrogen-bond donors (Lipinski definition) is 1. The van der Waals surface area contributed by atoms with Crippen LogP contribution in [0.2, 0.25) is 5.02 Å². The molecule has 0 saturated carbocycles. The molecule has 0 radical (unpaired) electrons. The Bertz CT molecular complexity index is 733. The van der Waals surface area contributed by atoms with Crippen LogP contribution in [0.4, 0.5) is 5.69 Å². The minimum atomic E-state index is -0.700. The first-order valence-corrected chi connectivity index (χ1v) is 7.86. The monoisotopic (exact) mass is 349 g/mol. The molecule has 5 nitrogen and oxygen atoms in total. The van der Waals surface area contributed by atoms with Gasteiger partial charge in [-0.05, 0) is 24.6 Å². The third-order valence-corrected chi connectivity index (χ3v) is 3.89. The first kappa shape index (κ1) is 17.9. The lowest BCUT2D eigenvalue weighted by atomic mass is 10.0. The van der Waals surface area contributed by atoms with Gasteiger partial charge >= 0.3 is 0 Å². The molecule has 0 saturated heterocycles. The number of hydrogen-bond acceptors (Lipinski definition) is 5. The standard InChI is InChI=1S/C18H20ClNO4/c1-4-14(24-15-8-6-5-7-13(15)20)18(21)11-9-17(23-3)12(19)10-16(11)22-2/h5-10,14H,4,20H2,1-3H3. The Labute approximate surface area is 146 Å². The van der Waals surface area contributed by atoms with Crippen LogP contribution < -0.4 is 19.9 Å². The number of nitrogen functional groups attached to an aromatic ring is 1. The number of ketones is 1. The van der Waals surface area contributed by atoms with Gasteiger partial charge in [0, 0.05) is 6.07 Å². The molecular formula is C18H20ClNO4. The average Bonchev–Trinajstić information content (AvgIpc) is 2.60. The Morgan fingerprint density at radius 1 is 1.12 bits per heavy atom. The normalized spacial score (nSPS) is 11.7. The molecule has 0 aliphatic heterocycles. The van der Waals surface area contributed by atoms with Gasteiger partial charge in [0.05, 0.1) is 30.5 Å². The van der Waals surface area contributed by atoms with Crippen molar-refractivity contribution < 1.29 is 19.0 Å². The summed E-state index contributed by atoms with van der Waals surface area (Å²) in [5.74, 6) is 1.01. The minimum Gasteiger partial charge on any atom is -0.496 e. The molecule has 2 aromatic carbocycles. The van der Waals surface area contributed by atoms with Gasteiger partial charge in [0.15, 0.2) is 6.10 Å². The van der Waals surface area contributed by atoms with Crippen LogP contribution in [0.3, 0.4) is 0 Å². The van der Waals surface area contributed by atoms with Gasteiger partial charge in [0.25, 0.3) is 0 Å². The maximum Gasteiger partial charge on any atom is 0.207 e. The molecule has 24 heavy (non-hydrogen) atoms. The van der Waals surface area contributed by atoms with E-state index in [2.05, 4.69) is 0 Å². The minimum absolute atomic E-state index is 0.229. The van der Waals surface area contributed by atoms with Crippen LogP contribution in [0, 0.1) is 0 Å². The molecule has 0 bridgehead atoms. The molecular weight excluding hydrogens is 330 g/mol. The fourth-order valence-corrected chi connectivity index (χ4v) is 2.52. The van der Waals surface area contributed by atoms with E-state index in [9.17, 15) is 4.79 Å². The topological polar surface area (TPSA) is 70.8 Å². The van der Waals surface area contributed by atoms with Crippen molar-refractivity contribution >= 4 is 23.1 Å². The van der Waals surface area contributed by atoms with Crippen molar-refractivity contribution in [3.8, 4) is 17.2 Å². The van der Waals surface area contributed by atoms with Gasteiger partial charge in [0.1, 0.15) is 17.2 Å². The smallest absolute Gasteiger partial charge is 0.207 e. The van der Waals surface area contributed by atoms with E-state index in [0.717, 1.165) is 0 Å². The molecule has 0 heterocycles. The SMILES string of the molecule is CCC(Oc1ccccc1N)C(=O)c1cc(OC)c(Cl)cc1OC. The number of ether oxygens (including phenoxy) is 3. The number of Topliss-reactive ketones (excluding diaryl/α,β-unsaturated/α-hetero) is 1. The summed E-state index contributed by atoms with van der Waals surface area (Å²) in [5, 5.41) is 0.368. The number of para-hydroxylation sites is 2. The summed E-state index contributed by atoms with van der Waals surface area (Å²) in [4.78, 5) is 12.9. The van der Waals surface area contributed by atoms with E-state index < -0.39 is 6.10 Å². The quantitative estimate of drug-likeness (QED) is 0.604. The van der Waals surface area contributed by atoms with Gasteiger partial charge in [0.2, 0.25) is 5.78 Å². The maximum absolute atomic E-state index is 12.9. The van der Waals surface area contributed by atoms with E-state index in [4.69, 9.17) is 31.5 Å². The number of nitrogens with two attached hydrogens (primary N) is 1. The zero-order valence-corrected chi connectivity index (χ0v) is 14.6. The largest absolute Gasteiger partial charge is 0.496 e. The highest BCUT2D eigenvalue weighted by atomic mass is 35.5. The summed E-state index contributed by atoms with van der Waals surface area (Å²) >= 11 is 6.08. The van der Waals surface area contributed by atoms with Crippen LogP contribution >= 0.6 is 11.6 Å². The molecule has 1 atom stereocenters. The molecule has 128 valence electrons. The summed E-state index contributed by atoms with van der Waals surface area (Å²) in [6, 6.07) is 10.2. The van der Waals surface area contributed by atoms with Crippen molar-refractivity contribution in [2.75, 3.05) is 20.0 Å². The highest BCUT2D eigenvalue weighted by molar-refractivity contribution is 6.32. The third kappa shape index (κ3) is 3.74. The zero-order valence-electron chi connectivity index (χ0n) is 13.8. The van der Waals surface area contributed by atoms with E-state index in [-0.39, 0.29) is 5.78 Å². The Morgan fingerprint density at radius 2 is 1.79 bits per heavy atom. The molecule has 0 spiro atoms. The van der Waals surface area contributed by atoms with Gasteiger partial charge < -0.3 is 19.9 Å². The predicted octanol–water partition coefficient (Wildman–Crippen LogP) is 3.98. The fraction of sp³-hybridized carbons (Fsp3) is 0.278. The highest BCUT2D eigenvalue weighted by Gasteiger charge is 2.25. The number of carbonyl (C=O) groups excluding carboxylic acids is 1. The molecule has 0 amide bonds. The molecule has 2 rings (SSSR count). The van der Waals surface area contributed by atoms with Gasteiger partial charge in [-0.1, -0.05) is 30.7 Å². The van der Waals surface area contributed by atoms with Gasteiger partial charge in [-0.3, -0.25) is 4.79 Å². The van der Waals surface area contributed by atoms with Crippen LogP contribution in [0.1, 0.15) is 23.7 Å². The molecule has 6 heteroatoms. The molecule has 0 aliphatic rings. The second-order valence-electron chi connectivity index (χ2n) is 5.10. The van der Waals surface area contributed by atoms with Crippen LogP contribution in [-0.2, 0) is 0 Å². The van der Waals surface area contributed by atoms with Crippen LogP contribution in [0.15, 0.2) is 36.4 Å². The van der Waals surface area contributed by atoms with Crippen molar-refractivity contribution in [1.29, 1.82) is 0 Å². The van der Waals surface area contributed by atoms with Gasteiger partial charge in [-0.2, -0.15) is 0 Å². The number of anilines is 1. The Morgan fingerprint density at radius 3 is 2.38 bits per heavy atom. The Kier molecular flexibility index (Phi) is 5.93. The first-order chi connectivity index (χ1) is 11.5. The van der Waals surface area contributed by atoms with E-state index >= 15 is 0 Å². The second kappa shape index (κ2) is 7.93. The van der Waals surface area contributed by atoms with Crippen molar-refractivity contribution in [3.05, 3.63) is 47.0 Å². The Balaban J connectivity index is 2.36. The maximum atomic E-state index is 12.9. The Hall–Kier alpha value is -2.40. The van der Waals surface area contributed by atoms with E-state index in [1.165, 1.54) is 14.2 Å². The molecule has 1 unspecified atom stereocenters. The summed E-state index contributed by atoms with van der Waals surface area (Å²) < 4.78 is 16.3. The van der Waals surface area contributed by atoms with E-state index in [1.54, 1.807) is 36.4 Å². The van der Waals surface area contributed by atoms with Crippen molar-refractivity contribution in [3.63, 3.8) is 0 Å². The lowest BCUT2D eigenvalue weighted by Crippen LogP contribution is -2.27. The summed E-state index contributed by atoms with van der Waals surface area (Å²) in [6.45, 7) is 1.86. The van der Waals surface area contributed by atoms with Crippen LogP contribution in [0.5, 0.6) is 17.2 Å². The molecule has 0 aliphatic carbocycles. The van der Waals surface area contributed by atoms with Crippen molar-refractivity contribution in [2.24, 2.45) is 0 Å². The lowest BCUT2D eigenvalue weighted by Gasteiger charge is -2.19.